The number of fused-ring (bicyclic) bond motifs is 1. The predicted molar refractivity (Wildman–Crippen MR) is 114 cm³/mol. The number of rotatable bonds is 1. The lowest BCUT2D eigenvalue weighted by Crippen LogP contribution is -2.86. The molecular weight excluding hydrogens is 444 g/mol. The molecule has 6 saturated heterocycles. The van der Waals surface area contributed by atoms with Crippen LogP contribution in [-0.4, -0.2) is 69.8 Å². The lowest BCUT2D eigenvalue weighted by molar-refractivity contribution is -0.323. The molecule has 0 radical (unpaired) electrons. The van der Waals surface area contributed by atoms with Crippen molar-refractivity contribution in [1.82, 2.24) is 0 Å². The number of esters is 3. The highest BCUT2D eigenvalue weighted by Gasteiger charge is 2.92. The Morgan fingerprint density at radius 3 is 2.35 bits per heavy atom. The fourth-order valence-electron chi connectivity index (χ4n) is 8.75. The van der Waals surface area contributed by atoms with Gasteiger partial charge in [0.25, 0.3) is 0 Å². The van der Waals surface area contributed by atoms with Gasteiger partial charge in [0.05, 0.1) is 24.5 Å². The van der Waals surface area contributed by atoms with Gasteiger partial charge in [-0.05, 0) is 57.3 Å². The van der Waals surface area contributed by atoms with Gasteiger partial charge in [-0.15, -0.1) is 0 Å². The molecular formula is C25H30O9. The second-order valence-electron chi connectivity index (χ2n) is 11.6. The SMILES string of the molecule is C=C1C2(C)OC(=O)C34OC2C2=C(CO)C5(CCC2(C)C13C(=O)OC4C)C(O)CC(=O)OC5(C)C. The average molecular weight is 475 g/mol. The maximum atomic E-state index is 13.8. The molecule has 0 aromatic rings. The molecule has 6 aliphatic heterocycles. The Hall–Kier alpha value is -2.23. The number of aliphatic hydroxyl groups excluding tert-OH is 2. The Kier molecular flexibility index (Phi) is 3.77. The van der Waals surface area contributed by atoms with Crippen LogP contribution in [0.25, 0.3) is 0 Å². The Morgan fingerprint density at radius 2 is 1.74 bits per heavy atom. The summed E-state index contributed by atoms with van der Waals surface area (Å²) in [4.78, 5) is 39.4. The lowest BCUT2D eigenvalue weighted by atomic mass is 9.35. The molecule has 8 rings (SSSR count). The highest BCUT2D eigenvalue weighted by molar-refractivity contribution is 6.02. The van der Waals surface area contributed by atoms with Crippen molar-refractivity contribution in [2.75, 3.05) is 6.61 Å². The van der Waals surface area contributed by atoms with Crippen molar-refractivity contribution in [2.45, 2.75) is 89.0 Å². The van der Waals surface area contributed by atoms with Gasteiger partial charge in [0.2, 0.25) is 5.60 Å². The molecule has 7 fully saturated rings. The second-order valence-corrected chi connectivity index (χ2v) is 11.6. The standard InChI is InChI=1S/C25H30O9/c1-11-22(6)17-16-13(10-26)23(14(27)9-15(28)32-20(23,3)4)8-7-21(16,5)24(11)18(29)31-12(2)25(24,33-17)19(30)34-22/h12,14,17,26-27H,1,7-10H2,2-6H3. The van der Waals surface area contributed by atoms with Crippen molar-refractivity contribution >= 4 is 17.9 Å². The monoisotopic (exact) mass is 474 g/mol. The van der Waals surface area contributed by atoms with Crippen LogP contribution >= 0.6 is 0 Å². The van der Waals surface area contributed by atoms with Crippen LogP contribution in [0.5, 0.6) is 0 Å². The first kappa shape index (κ1) is 22.2. The van der Waals surface area contributed by atoms with Crippen molar-refractivity contribution in [3.8, 4) is 0 Å². The number of carbonyl (C=O) groups is 3. The van der Waals surface area contributed by atoms with E-state index in [4.69, 9.17) is 18.9 Å². The van der Waals surface area contributed by atoms with Gasteiger partial charge in [-0.3, -0.25) is 9.59 Å². The van der Waals surface area contributed by atoms with Crippen molar-refractivity contribution in [3.05, 3.63) is 23.3 Å². The molecule has 8 aliphatic rings. The molecule has 8 unspecified atom stereocenters. The van der Waals surface area contributed by atoms with Crippen LogP contribution in [0.1, 0.15) is 53.9 Å². The Morgan fingerprint density at radius 1 is 1.06 bits per heavy atom. The smallest absolute Gasteiger partial charge is 0.344 e. The molecule has 2 N–H and O–H groups in total. The third kappa shape index (κ3) is 1.75. The summed E-state index contributed by atoms with van der Waals surface area (Å²) < 4.78 is 23.9. The Labute approximate surface area is 197 Å². The molecule has 4 bridgehead atoms. The number of hydrogen-bond acceptors (Lipinski definition) is 9. The van der Waals surface area contributed by atoms with Crippen LogP contribution < -0.4 is 0 Å². The average Bonchev–Trinajstić information content (AvgIpc) is 2.97. The Bertz CT molecular complexity index is 1140. The van der Waals surface area contributed by atoms with Crippen molar-refractivity contribution in [2.24, 2.45) is 16.2 Å². The molecule has 9 nitrogen and oxygen atoms in total. The summed E-state index contributed by atoms with van der Waals surface area (Å²) in [5, 5.41) is 22.1. The van der Waals surface area contributed by atoms with Crippen LogP contribution in [-0.2, 0) is 33.3 Å². The van der Waals surface area contributed by atoms with E-state index in [1.807, 2.05) is 6.92 Å². The van der Waals surface area contributed by atoms with Crippen molar-refractivity contribution in [1.29, 1.82) is 0 Å². The van der Waals surface area contributed by atoms with E-state index < -0.39 is 75.9 Å². The lowest BCUT2D eigenvalue weighted by Gasteiger charge is -2.73. The first-order valence-corrected chi connectivity index (χ1v) is 11.8. The van der Waals surface area contributed by atoms with Crippen LogP contribution in [0.3, 0.4) is 0 Å². The molecule has 34 heavy (non-hydrogen) atoms. The fraction of sp³-hybridized carbons (Fsp3) is 0.720. The predicted octanol–water partition coefficient (Wildman–Crippen LogP) is 1.10. The molecule has 3 spiro atoms. The van der Waals surface area contributed by atoms with Crippen LogP contribution in [0, 0.1) is 16.2 Å². The summed E-state index contributed by atoms with van der Waals surface area (Å²) in [6.07, 6.45) is -2.39. The number of aliphatic hydroxyl groups is 2. The molecule has 0 aromatic carbocycles. The fourth-order valence-corrected chi connectivity index (χ4v) is 8.75. The van der Waals surface area contributed by atoms with E-state index in [1.165, 1.54) is 0 Å². The summed E-state index contributed by atoms with van der Waals surface area (Å²) in [5.41, 5.74) is -6.31. The van der Waals surface area contributed by atoms with E-state index in [0.717, 1.165) is 0 Å². The summed E-state index contributed by atoms with van der Waals surface area (Å²) in [5.74, 6) is -1.75. The first-order valence-electron chi connectivity index (χ1n) is 11.8. The topological polar surface area (TPSA) is 129 Å². The van der Waals surface area contributed by atoms with Gasteiger partial charge in [0.15, 0.2) is 5.60 Å². The minimum absolute atomic E-state index is 0.213. The summed E-state index contributed by atoms with van der Waals surface area (Å²) >= 11 is 0. The molecule has 8 atom stereocenters. The van der Waals surface area contributed by atoms with Crippen LogP contribution in [0.2, 0.25) is 0 Å². The highest BCUT2D eigenvalue weighted by atomic mass is 16.7. The van der Waals surface area contributed by atoms with E-state index in [0.29, 0.717) is 29.6 Å². The van der Waals surface area contributed by atoms with Crippen molar-refractivity contribution in [3.63, 3.8) is 0 Å². The minimum Gasteiger partial charge on any atom is -0.459 e. The summed E-state index contributed by atoms with van der Waals surface area (Å²) in [6, 6.07) is 0. The molecule has 9 heteroatoms. The second kappa shape index (κ2) is 5.77. The van der Waals surface area contributed by atoms with Gasteiger partial charge in [-0.1, -0.05) is 13.5 Å². The normalized spacial score (nSPS) is 52.4. The number of hydrogen-bond donors (Lipinski definition) is 2. The van der Waals surface area contributed by atoms with Crippen molar-refractivity contribution < 1.29 is 43.5 Å². The van der Waals surface area contributed by atoms with Gasteiger partial charge < -0.3 is 29.2 Å². The molecule has 0 amide bonds. The van der Waals surface area contributed by atoms with Crippen LogP contribution in [0.15, 0.2) is 23.3 Å². The zero-order valence-corrected chi connectivity index (χ0v) is 20.0. The van der Waals surface area contributed by atoms with Crippen LogP contribution in [0.4, 0.5) is 0 Å². The quantitative estimate of drug-likeness (QED) is 0.326. The molecule has 0 aromatic heterocycles. The first-order chi connectivity index (χ1) is 15.7. The van der Waals surface area contributed by atoms with Gasteiger partial charge in [-0.25, -0.2) is 4.79 Å². The maximum Gasteiger partial charge on any atom is 0.344 e. The number of ether oxygens (including phenoxy) is 4. The third-order valence-electron chi connectivity index (χ3n) is 10.3. The van der Waals surface area contributed by atoms with E-state index in [1.54, 1.807) is 27.7 Å². The molecule has 2 aliphatic carbocycles. The van der Waals surface area contributed by atoms with Gasteiger partial charge >= 0.3 is 17.9 Å². The summed E-state index contributed by atoms with van der Waals surface area (Å²) in [7, 11) is 0. The third-order valence-corrected chi connectivity index (χ3v) is 10.3. The molecule has 6 heterocycles. The molecule has 184 valence electrons. The zero-order chi connectivity index (χ0) is 24.9. The Balaban J connectivity index is 1.71. The maximum absolute atomic E-state index is 13.8. The molecule has 1 saturated carbocycles. The number of carbonyl (C=O) groups excluding carboxylic acids is 3. The van der Waals surface area contributed by atoms with E-state index in [-0.39, 0.29) is 6.42 Å². The minimum atomic E-state index is -1.68. The number of cyclic esters (lactones) is 2. The summed E-state index contributed by atoms with van der Waals surface area (Å²) in [6.45, 7) is 12.5. The van der Waals surface area contributed by atoms with Gasteiger partial charge in [0, 0.05) is 5.41 Å². The highest BCUT2D eigenvalue weighted by Crippen LogP contribution is 2.80. The van der Waals surface area contributed by atoms with E-state index in [9.17, 15) is 24.6 Å². The largest absolute Gasteiger partial charge is 0.459 e. The van der Waals surface area contributed by atoms with E-state index in [2.05, 4.69) is 6.58 Å². The van der Waals surface area contributed by atoms with Gasteiger partial charge in [0.1, 0.15) is 23.2 Å². The van der Waals surface area contributed by atoms with Gasteiger partial charge in [-0.2, -0.15) is 0 Å². The zero-order valence-electron chi connectivity index (χ0n) is 20.0. The van der Waals surface area contributed by atoms with E-state index >= 15 is 0 Å².